The SMILES string of the molecule is CC(=O)CCCC(=O)O[C@@H]1CO[C@H]2[C@@H]1OC[C@H]2OC(=O)CCCC(=O)O[C@@H]1CO[C@H]2[C@@H]1OC[C@H]2O. The number of rotatable bonds is 11. The molecule has 0 amide bonds. The van der Waals surface area contributed by atoms with Crippen molar-refractivity contribution in [3.05, 3.63) is 0 Å². The summed E-state index contributed by atoms with van der Waals surface area (Å²) in [6.45, 7) is 2.05. The molecule has 0 aromatic rings. The number of Topliss-reactive ketones (excluding diaryl/α,β-unsaturated/α-hetero) is 1. The van der Waals surface area contributed by atoms with Crippen LogP contribution in [0.3, 0.4) is 0 Å². The third kappa shape index (κ3) is 6.56. The van der Waals surface area contributed by atoms with Crippen molar-refractivity contribution in [3.8, 4) is 0 Å². The van der Waals surface area contributed by atoms with Crippen molar-refractivity contribution >= 4 is 23.7 Å². The van der Waals surface area contributed by atoms with Gasteiger partial charge in [-0.3, -0.25) is 14.4 Å². The van der Waals surface area contributed by atoms with E-state index in [1.54, 1.807) is 0 Å². The van der Waals surface area contributed by atoms with Crippen LogP contribution in [0.4, 0.5) is 0 Å². The topological polar surface area (TPSA) is 153 Å². The van der Waals surface area contributed by atoms with Crippen LogP contribution in [0, 0.1) is 0 Å². The Morgan fingerprint density at radius 3 is 1.46 bits per heavy atom. The molecule has 0 aliphatic carbocycles. The van der Waals surface area contributed by atoms with Gasteiger partial charge in [0.1, 0.15) is 36.3 Å². The maximum atomic E-state index is 12.3. The number of carbonyl (C=O) groups is 4. The van der Waals surface area contributed by atoms with E-state index in [4.69, 9.17) is 33.2 Å². The zero-order valence-corrected chi connectivity index (χ0v) is 19.6. The molecular weight excluding hydrogens is 468 g/mol. The number of ether oxygens (including phenoxy) is 7. The van der Waals surface area contributed by atoms with Gasteiger partial charge < -0.3 is 43.1 Å². The third-order valence-corrected chi connectivity index (χ3v) is 6.46. The van der Waals surface area contributed by atoms with E-state index in [2.05, 4.69) is 0 Å². The normalized spacial score (nSPS) is 35.4. The molecule has 4 heterocycles. The van der Waals surface area contributed by atoms with E-state index in [1.165, 1.54) is 6.92 Å². The van der Waals surface area contributed by atoms with E-state index in [0.717, 1.165) is 0 Å². The third-order valence-electron chi connectivity index (χ3n) is 6.46. The predicted molar refractivity (Wildman–Crippen MR) is 113 cm³/mol. The Morgan fingerprint density at radius 1 is 0.629 bits per heavy atom. The van der Waals surface area contributed by atoms with E-state index in [-0.39, 0.29) is 57.9 Å². The van der Waals surface area contributed by atoms with Gasteiger partial charge in [-0.05, 0) is 19.8 Å². The maximum Gasteiger partial charge on any atom is 0.306 e. The second kappa shape index (κ2) is 11.7. The number of aliphatic hydroxyl groups excluding tert-OH is 1. The van der Waals surface area contributed by atoms with Gasteiger partial charge in [0.2, 0.25) is 0 Å². The summed E-state index contributed by atoms with van der Waals surface area (Å²) < 4.78 is 38.4. The first-order chi connectivity index (χ1) is 16.8. The van der Waals surface area contributed by atoms with Gasteiger partial charge in [0.15, 0.2) is 18.3 Å². The average Bonchev–Trinajstić information content (AvgIpc) is 3.55. The Morgan fingerprint density at radius 2 is 1.00 bits per heavy atom. The highest BCUT2D eigenvalue weighted by Crippen LogP contribution is 2.31. The van der Waals surface area contributed by atoms with Crippen LogP contribution in [0.1, 0.15) is 45.4 Å². The molecule has 0 unspecified atom stereocenters. The van der Waals surface area contributed by atoms with Crippen molar-refractivity contribution in [2.75, 3.05) is 26.4 Å². The summed E-state index contributed by atoms with van der Waals surface area (Å²) >= 11 is 0. The molecule has 0 spiro atoms. The molecule has 0 aromatic heterocycles. The molecule has 4 saturated heterocycles. The Labute approximate surface area is 202 Å². The van der Waals surface area contributed by atoms with E-state index >= 15 is 0 Å². The molecule has 12 heteroatoms. The molecule has 0 saturated carbocycles. The second-order valence-corrected chi connectivity index (χ2v) is 9.25. The minimum absolute atomic E-state index is 0.0139. The van der Waals surface area contributed by atoms with Crippen molar-refractivity contribution in [1.29, 1.82) is 0 Å². The number of ketones is 1. The molecule has 12 nitrogen and oxygen atoms in total. The van der Waals surface area contributed by atoms with Crippen molar-refractivity contribution in [3.63, 3.8) is 0 Å². The van der Waals surface area contributed by atoms with Gasteiger partial charge >= 0.3 is 17.9 Å². The van der Waals surface area contributed by atoms with Crippen molar-refractivity contribution in [2.45, 2.75) is 94.3 Å². The van der Waals surface area contributed by atoms with Gasteiger partial charge in [0, 0.05) is 25.7 Å². The Balaban J connectivity index is 1.11. The van der Waals surface area contributed by atoms with Gasteiger partial charge in [-0.25, -0.2) is 0 Å². The van der Waals surface area contributed by atoms with E-state index < -0.39 is 66.7 Å². The number of hydrogen-bond acceptors (Lipinski definition) is 12. The fourth-order valence-corrected chi connectivity index (χ4v) is 4.72. The molecule has 4 aliphatic heterocycles. The minimum atomic E-state index is -0.721. The summed E-state index contributed by atoms with van der Waals surface area (Å²) in [5.41, 5.74) is 0. The van der Waals surface area contributed by atoms with Crippen LogP contribution < -0.4 is 0 Å². The lowest BCUT2D eigenvalue weighted by Gasteiger charge is -2.17. The fraction of sp³-hybridized carbons (Fsp3) is 0.826. The van der Waals surface area contributed by atoms with Crippen LogP contribution in [0.15, 0.2) is 0 Å². The van der Waals surface area contributed by atoms with Gasteiger partial charge in [-0.15, -0.1) is 0 Å². The fourth-order valence-electron chi connectivity index (χ4n) is 4.72. The van der Waals surface area contributed by atoms with E-state index in [1.807, 2.05) is 0 Å². The smallest absolute Gasteiger partial charge is 0.306 e. The van der Waals surface area contributed by atoms with Crippen LogP contribution >= 0.6 is 0 Å². The number of hydrogen-bond donors (Lipinski definition) is 1. The lowest BCUT2D eigenvalue weighted by Crippen LogP contribution is -2.36. The standard InChI is InChI=1S/C23H32O12/c1-12(24)4-2-5-17(26)34-15-10-31-23-16(11-32-22(15)23)35-19(28)7-3-6-18(27)33-14-9-30-20-13(25)8-29-21(14)20/h13-16,20-23,25H,2-11H2,1H3/t13-,14-,15-,16-,20-,21-,22-,23-/m1/s1. The Bertz CT molecular complexity index is 799. The molecule has 0 radical (unpaired) electrons. The molecule has 4 aliphatic rings. The maximum absolute atomic E-state index is 12.3. The zero-order chi connectivity index (χ0) is 24.9. The summed E-state index contributed by atoms with van der Waals surface area (Å²) in [4.78, 5) is 47.4. The van der Waals surface area contributed by atoms with Gasteiger partial charge in [0.05, 0.1) is 26.4 Å². The average molecular weight is 500 g/mol. The summed E-state index contributed by atoms with van der Waals surface area (Å²) in [5.74, 6) is -1.38. The number of carbonyl (C=O) groups excluding carboxylic acids is 4. The van der Waals surface area contributed by atoms with Crippen molar-refractivity contribution in [1.82, 2.24) is 0 Å². The van der Waals surface area contributed by atoms with Crippen LogP contribution in [0.25, 0.3) is 0 Å². The van der Waals surface area contributed by atoms with E-state index in [0.29, 0.717) is 12.8 Å². The first-order valence-corrected chi connectivity index (χ1v) is 12.0. The quantitative estimate of drug-likeness (QED) is 0.290. The Kier molecular flexibility index (Phi) is 8.71. The molecule has 4 fully saturated rings. The number of esters is 3. The zero-order valence-electron chi connectivity index (χ0n) is 19.6. The highest BCUT2D eigenvalue weighted by Gasteiger charge is 2.51. The molecule has 0 bridgehead atoms. The number of aliphatic hydroxyl groups is 1. The first kappa shape index (κ1) is 26.0. The van der Waals surface area contributed by atoms with Crippen molar-refractivity contribution in [2.24, 2.45) is 0 Å². The molecule has 0 aromatic carbocycles. The van der Waals surface area contributed by atoms with Gasteiger partial charge in [0.25, 0.3) is 0 Å². The summed E-state index contributed by atoms with van der Waals surface area (Å²) in [5, 5.41) is 9.74. The monoisotopic (exact) mass is 500 g/mol. The largest absolute Gasteiger partial charge is 0.457 e. The first-order valence-electron chi connectivity index (χ1n) is 12.0. The Hall–Kier alpha value is -2.12. The molecule has 8 atom stereocenters. The lowest BCUT2D eigenvalue weighted by molar-refractivity contribution is -0.156. The molecule has 196 valence electrons. The predicted octanol–water partition coefficient (Wildman–Crippen LogP) is -0.392. The van der Waals surface area contributed by atoms with Gasteiger partial charge in [-0.1, -0.05) is 0 Å². The van der Waals surface area contributed by atoms with Crippen LogP contribution in [0.5, 0.6) is 0 Å². The van der Waals surface area contributed by atoms with E-state index in [9.17, 15) is 24.3 Å². The lowest BCUT2D eigenvalue weighted by atomic mass is 10.1. The molecule has 1 N–H and O–H groups in total. The highest BCUT2D eigenvalue weighted by atomic mass is 16.7. The summed E-state index contributed by atoms with van der Waals surface area (Å²) in [6, 6.07) is 0. The van der Waals surface area contributed by atoms with Crippen LogP contribution in [-0.4, -0.2) is 104 Å². The van der Waals surface area contributed by atoms with Gasteiger partial charge in [-0.2, -0.15) is 0 Å². The number of fused-ring (bicyclic) bond motifs is 2. The second-order valence-electron chi connectivity index (χ2n) is 9.25. The van der Waals surface area contributed by atoms with Crippen LogP contribution in [0.2, 0.25) is 0 Å². The van der Waals surface area contributed by atoms with Crippen LogP contribution in [-0.2, 0) is 52.3 Å². The summed E-state index contributed by atoms with van der Waals surface area (Å²) in [7, 11) is 0. The molecule has 4 rings (SSSR count). The molecule has 35 heavy (non-hydrogen) atoms. The van der Waals surface area contributed by atoms with Crippen molar-refractivity contribution < 1.29 is 57.4 Å². The minimum Gasteiger partial charge on any atom is -0.457 e. The molecular formula is C23H32O12. The summed E-state index contributed by atoms with van der Waals surface area (Å²) in [6.07, 6.45) is -3.34. The highest BCUT2D eigenvalue weighted by molar-refractivity contribution is 5.76.